The van der Waals surface area contributed by atoms with E-state index >= 15 is 0 Å². The van der Waals surface area contributed by atoms with Crippen LogP contribution >= 0.6 is 11.6 Å². The highest BCUT2D eigenvalue weighted by Crippen LogP contribution is 2.20. The fourth-order valence-corrected chi connectivity index (χ4v) is 2.51. The summed E-state index contributed by atoms with van der Waals surface area (Å²) in [7, 11) is 5.62. The van der Waals surface area contributed by atoms with E-state index in [4.69, 9.17) is 11.6 Å². The smallest absolute Gasteiger partial charge is 0.273 e. The minimum Gasteiger partial charge on any atom is -0.344 e. The van der Waals surface area contributed by atoms with Gasteiger partial charge in [-0.25, -0.2) is 4.39 Å². The van der Waals surface area contributed by atoms with Gasteiger partial charge < -0.3 is 10.2 Å². The van der Waals surface area contributed by atoms with E-state index in [0.29, 0.717) is 11.4 Å². The molecule has 1 aromatic heterocycles. The first-order chi connectivity index (χ1) is 10.9. The Morgan fingerprint density at radius 2 is 2.04 bits per heavy atom. The number of hydrogen-bond acceptors (Lipinski definition) is 3. The summed E-state index contributed by atoms with van der Waals surface area (Å²) in [5.41, 5.74) is 1.03. The van der Waals surface area contributed by atoms with Crippen molar-refractivity contribution in [2.24, 2.45) is 7.05 Å². The lowest BCUT2D eigenvalue weighted by Gasteiger charge is -2.21. The van der Waals surface area contributed by atoms with Crippen molar-refractivity contribution in [2.45, 2.75) is 12.5 Å². The lowest BCUT2D eigenvalue weighted by Crippen LogP contribution is -2.31. The quantitative estimate of drug-likeness (QED) is 0.881. The molecule has 0 aliphatic heterocycles. The Bertz CT molecular complexity index is 669. The molecular weight excluding hydrogens is 319 g/mol. The van der Waals surface area contributed by atoms with Crippen LogP contribution in [0.15, 0.2) is 30.5 Å². The van der Waals surface area contributed by atoms with Crippen molar-refractivity contribution in [3.63, 3.8) is 0 Å². The van der Waals surface area contributed by atoms with Gasteiger partial charge >= 0.3 is 0 Å². The third-order valence-electron chi connectivity index (χ3n) is 3.44. The normalized spacial score (nSPS) is 12.4. The Morgan fingerprint density at radius 3 is 2.57 bits per heavy atom. The average Bonchev–Trinajstić information content (AvgIpc) is 2.83. The van der Waals surface area contributed by atoms with E-state index in [9.17, 15) is 9.18 Å². The number of hydrogen-bond donors (Lipinski definition) is 1. The molecule has 0 radical (unpaired) electrons. The SMILES string of the molecule is CN(C)CCC(NC(=O)c1nn(C)cc1Cl)c1ccc(F)cc1. The number of carbonyl (C=O) groups excluding carboxylic acids is 1. The predicted octanol–water partition coefficient (Wildman–Crippen LogP) is 2.64. The lowest BCUT2D eigenvalue weighted by atomic mass is 10.0. The van der Waals surface area contributed by atoms with E-state index in [-0.39, 0.29) is 23.5 Å². The predicted molar refractivity (Wildman–Crippen MR) is 88.0 cm³/mol. The zero-order chi connectivity index (χ0) is 17.0. The number of carbonyl (C=O) groups is 1. The molecule has 1 aromatic carbocycles. The largest absolute Gasteiger partial charge is 0.344 e. The molecule has 5 nitrogen and oxygen atoms in total. The molecule has 23 heavy (non-hydrogen) atoms. The highest BCUT2D eigenvalue weighted by Gasteiger charge is 2.20. The number of amides is 1. The van der Waals surface area contributed by atoms with Crippen molar-refractivity contribution in [1.29, 1.82) is 0 Å². The van der Waals surface area contributed by atoms with E-state index in [2.05, 4.69) is 10.4 Å². The fraction of sp³-hybridized carbons (Fsp3) is 0.375. The van der Waals surface area contributed by atoms with Crippen molar-refractivity contribution < 1.29 is 9.18 Å². The van der Waals surface area contributed by atoms with Crippen molar-refractivity contribution in [3.05, 3.63) is 52.6 Å². The highest BCUT2D eigenvalue weighted by molar-refractivity contribution is 6.33. The molecule has 124 valence electrons. The molecule has 0 saturated carbocycles. The van der Waals surface area contributed by atoms with Gasteiger partial charge in [-0.3, -0.25) is 9.48 Å². The third-order valence-corrected chi connectivity index (χ3v) is 3.72. The first kappa shape index (κ1) is 17.4. The fourth-order valence-electron chi connectivity index (χ4n) is 2.24. The lowest BCUT2D eigenvalue weighted by molar-refractivity contribution is 0.0927. The van der Waals surface area contributed by atoms with E-state index in [1.807, 2.05) is 19.0 Å². The second-order valence-corrected chi connectivity index (χ2v) is 6.08. The molecule has 1 unspecified atom stereocenters. The molecule has 1 amide bonds. The van der Waals surface area contributed by atoms with Crippen molar-refractivity contribution >= 4 is 17.5 Å². The molecule has 0 fully saturated rings. The molecular formula is C16H20ClFN4O. The molecule has 0 bridgehead atoms. The number of aromatic nitrogens is 2. The number of nitrogens with one attached hydrogen (secondary N) is 1. The number of nitrogens with zero attached hydrogens (tertiary/aromatic N) is 3. The second-order valence-electron chi connectivity index (χ2n) is 5.67. The summed E-state index contributed by atoms with van der Waals surface area (Å²) in [4.78, 5) is 14.4. The van der Waals surface area contributed by atoms with Gasteiger partial charge in [0.15, 0.2) is 5.69 Å². The van der Waals surface area contributed by atoms with E-state index < -0.39 is 0 Å². The standard InChI is InChI=1S/C16H20ClFN4O/c1-21(2)9-8-14(11-4-6-12(18)7-5-11)19-16(23)15-13(17)10-22(3)20-15/h4-7,10,14H,8-9H2,1-3H3,(H,19,23). The van der Waals surface area contributed by atoms with E-state index in [0.717, 1.165) is 12.1 Å². The van der Waals surface area contributed by atoms with Crippen molar-refractivity contribution in [1.82, 2.24) is 20.0 Å². The van der Waals surface area contributed by atoms with Gasteiger partial charge in [0.05, 0.1) is 11.1 Å². The maximum absolute atomic E-state index is 13.1. The summed E-state index contributed by atoms with van der Waals surface area (Å²) in [5, 5.41) is 7.30. The third kappa shape index (κ3) is 4.77. The topological polar surface area (TPSA) is 50.2 Å². The van der Waals surface area contributed by atoms with Crippen LogP contribution in [0.1, 0.15) is 28.5 Å². The zero-order valence-electron chi connectivity index (χ0n) is 13.4. The maximum Gasteiger partial charge on any atom is 0.273 e. The van der Waals surface area contributed by atoms with E-state index in [1.54, 1.807) is 25.4 Å². The Balaban J connectivity index is 2.18. The number of rotatable bonds is 6. The molecule has 0 aliphatic carbocycles. The van der Waals surface area contributed by atoms with Crippen LogP contribution < -0.4 is 5.32 Å². The Kier molecular flexibility index (Phi) is 5.74. The molecule has 0 spiro atoms. The van der Waals surface area contributed by atoms with Crippen LogP contribution in [0.3, 0.4) is 0 Å². The molecule has 2 aromatic rings. The van der Waals surface area contributed by atoms with Gasteiger partial charge in [-0.1, -0.05) is 23.7 Å². The first-order valence-corrected chi connectivity index (χ1v) is 7.65. The van der Waals surface area contributed by atoms with E-state index in [1.165, 1.54) is 16.8 Å². The van der Waals surface area contributed by atoms with Crippen LogP contribution in [0.4, 0.5) is 4.39 Å². The molecule has 2 rings (SSSR count). The van der Waals surface area contributed by atoms with Crippen LogP contribution in [-0.4, -0.2) is 41.2 Å². The van der Waals surface area contributed by atoms with Crippen LogP contribution in [0.2, 0.25) is 5.02 Å². The summed E-state index contributed by atoms with van der Waals surface area (Å²) in [6.07, 6.45) is 2.26. The summed E-state index contributed by atoms with van der Waals surface area (Å²) in [6.45, 7) is 0.776. The number of benzene rings is 1. The number of halogens is 2. The molecule has 1 atom stereocenters. The monoisotopic (exact) mass is 338 g/mol. The van der Waals surface area contributed by atoms with Crippen LogP contribution in [0.25, 0.3) is 0 Å². The summed E-state index contributed by atoms with van der Waals surface area (Å²) >= 11 is 6.02. The summed E-state index contributed by atoms with van der Waals surface area (Å²) in [6, 6.07) is 5.88. The summed E-state index contributed by atoms with van der Waals surface area (Å²) in [5.74, 6) is -0.650. The second kappa shape index (κ2) is 7.57. The molecule has 1 N–H and O–H groups in total. The Hall–Kier alpha value is -1.92. The van der Waals surface area contributed by atoms with Gasteiger partial charge in [0.2, 0.25) is 0 Å². The zero-order valence-corrected chi connectivity index (χ0v) is 14.1. The minimum absolute atomic E-state index is 0.186. The molecule has 0 aliphatic rings. The average molecular weight is 339 g/mol. The summed E-state index contributed by atoms with van der Waals surface area (Å²) < 4.78 is 14.6. The van der Waals surface area contributed by atoms with Crippen LogP contribution in [-0.2, 0) is 7.05 Å². The van der Waals surface area contributed by atoms with Gasteiger partial charge in [-0.15, -0.1) is 0 Å². The molecule has 0 saturated heterocycles. The molecule has 7 heteroatoms. The van der Waals surface area contributed by atoms with Gasteiger partial charge in [0.1, 0.15) is 5.82 Å². The Labute approximate surface area is 140 Å². The first-order valence-electron chi connectivity index (χ1n) is 7.27. The number of aryl methyl sites for hydroxylation is 1. The highest BCUT2D eigenvalue weighted by atomic mass is 35.5. The van der Waals surface area contributed by atoms with Crippen LogP contribution in [0, 0.1) is 5.82 Å². The molecule has 1 heterocycles. The van der Waals surface area contributed by atoms with Crippen molar-refractivity contribution in [3.8, 4) is 0 Å². The van der Waals surface area contributed by atoms with Gasteiger partial charge in [0.25, 0.3) is 5.91 Å². The van der Waals surface area contributed by atoms with Crippen LogP contribution in [0.5, 0.6) is 0 Å². The Morgan fingerprint density at radius 1 is 1.39 bits per heavy atom. The van der Waals surface area contributed by atoms with Gasteiger partial charge in [-0.05, 0) is 44.8 Å². The minimum atomic E-state index is -0.344. The van der Waals surface area contributed by atoms with Crippen molar-refractivity contribution in [2.75, 3.05) is 20.6 Å². The van der Waals surface area contributed by atoms with Gasteiger partial charge in [0, 0.05) is 13.2 Å². The maximum atomic E-state index is 13.1. The van der Waals surface area contributed by atoms with Gasteiger partial charge in [-0.2, -0.15) is 5.10 Å².